The lowest BCUT2D eigenvalue weighted by molar-refractivity contribution is 0.102. The van der Waals surface area contributed by atoms with Gasteiger partial charge in [-0.25, -0.2) is 4.39 Å². The van der Waals surface area contributed by atoms with Crippen LogP contribution in [0, 0.1) is 5.82 Å². The molecule has 1 aromatic carbocycles. The largest absolute Gasteiger partial charge is 0.388 e. The van der Waals surface area contributed by atoms with Crippen LogP contribution in [0.15, 0.2) is 24.3 Å². The summed E-state index contributed by atoms with van der Waals surface area (Å²) in [6.07, 6.45) is 1.39. The highest BCUT2D eigenvalue weighted by atomic mass is 19.1. The van der Waals surface area contributed by atoms with E-state index < -0.39 is 6.10 Å². The SMILES string of the molecule is COC1CCN(CCC(O)c2cccc(F)c2)C1. The van der Waals surface area contributed by atoms with Crippen LogP contribution in [0.25, 0.3) is 0 Å². The van der Waals surface area contributed by atoms with E-state index in [1.807, 2.05) is 0 Å². The Morgan fingerprint density at radius 2 is 2.39 bits per heavy atom. The second-order valence-electron chi connectivity index (χ2n) is 4.81. The van der Waals surface area contributed by atoms with E-state index in [-0.39, 0.29) is 5.82 Å². The van der Waals surface area contributed by atoms with Gasteiger partial charge in [-0.15, -0.1) is 0 Å². The maximum Gasteiger partial charge on any atom is 0.123 e. The van der Waals surface area contributed by atoms with Crippen molar-refractivity contribution < 1.29 is 14.2 Å². The topological polar surface area (TPSA) is 32.7 Å². The lowest BCUT2D eigenvalue weighted by atomic mass is 10.1. The quantitative estimate of drug-likeness (QED) is 0.871. The molecule has 1 saturated heterocycles. The van der Waals surface area contributed by atoms with Crippen LogP contribution in [0.5, 0.6) is 0 Å². The third-order valence-electron chi connectivity index (χ3n) is 3.51. The molecule has 0 aromatic heterocycles. The molecule has 0 bridgehead atoms. The van der Waals surface area contributed by atoms with Gasteiger partial charge in [-0.05, 0) is 30.5 Å². The highest BCUT2D eigenvalue weighted by molar-refractivity contribution is 5.18. The summed E-state index contributed by atoms with van der Waals surface area (Å²) in [5.41, 5.74) is 0.650. The van der Waals surface area contributed by atoms with Crippen LogP contribution in [0.1, 0.15) is 24.5 Å². The van der Waals surface area contributed by atoms with Crippen LogP contribution >= 0.6 is 0 Å². The van der Waals surface area contributed by atoms with Crippen molar-refractivity contribution in [1.29, 1.82) is 0 Å². The molecule has 1 N–H and O–H groups in total. The van der Waals surface area contributed by atoms with Crippen LogP contribution in [-0.4, -0.2) is 42.9 Å². The first-order valence-corrected chi connectivity index (χ1v) is 6.37. The van der Waals surface area contributed by atoms with Gasteiger partial charge in [-0.3, -0.25) is 0 Å². The van der Waals surface area contributed by atoms with Crippen LogP contribution in [-0.2, 0) is 4.74 Å². The van der Waals surface area contributed by atoms with Gasteiger partial charge in [-0.2, -0.15) is 0 Å². The molecule has 2 unspecified atom stereocenters. The summed E-state index contributed by atoms with van der Waals surface area (Å²) < 4.78 is 18.3. The molecule has 0 spiro atoms. The first-order chi connectivity index (χ1) is 8.69. The zero-order chi connectivity index (χ0) is 13.0. The van der Waals surface area contributed by atoms with Gasteiger partial charge in [0.05, 0.1) is 12.2 Å². The van der Waals surface area contributed by atoms with Crippen molar-refractivity contribution in [2.24, 2.45) is 0 Å². The van der Waals surface area contributed by atoms with E-state index in [0.29, 0.717) is 18.1 Å². The number of hydrogen-bond donors (Lipinski definition) is 1. The Kier molecular flexibility index (Phi) is 4.69. The molecule has 100 valence electrons. The Labute approximate surface area is 107 Å². The number of likely N-dealkylation sites (tertiary alicyclic amines) is 1. The van der Waals surface area contributed by atoms with Crippen LogP contribution in [0.2, 0.25) is 0 Å². The zero-order valence-corrected chi connectivity index (χ0v) is 10.7. The molecular weight excluding hydrogens is 233 g/mol. The molecule has 1 aliphatic heterocycles. The van der Waals surface area contributed by atoms with Crippen LogP contribution in [0.4, 0.5) is 4.39 Å². The van der Waals surface area contributed by atoms with Crippen molar-refractivity contribution in [1.82, 2.24) is 4.90 Å². The van der Waals surface area contributed by atoms with Crippen LogP contribution in [0.3, 0.4) is 0 Å². The van der Waals surface area contributed by atoms with Crippen molar-refractivity contribution in [2.45, 2.75) is 25.0 Å². The molecule has 1 fully saturated rings. The van der Waals surface area contributed by atoms with E-state index in [9.17, 15) is 9.50 Å². The fraction of sp³-hybridized carbons (Fsp3) is 0.571. The van der Waals surface area contributed by atoms with Gasteiger partial charge in [0.25, 0.3) is 0 Å². The van der Waals surface area contributed by atoms with E-state index in [1.165, 1.54) is 12.1 Å². The molecule has 18 heavy (non-hydrogen) atoms. The Morgan fingerprint density at radius 3 is 3.06 bits per heavy atom. The third kappa shape index (κ3) is 3.51. The molecule has 0 radical (unpaired) electrons. The lowest BCUT2D eigenvalue weighted by Crippen LogP contribution is -2.25. The highest BCUT2D eigenvalue weighted by Crippen LogP contribution is 2.19. The first kappa shape index (κ1) is 13.5. The van der Waals surface area contributed by atoms with Crippen LogP contribution < -0.4 is 0 Å². The second-order valence-corrected chi connectivity index (χ2v) is 4.81. The number of halogens is 1. The molecule has 0 aliphatic carbocycles. The molecule has 2 atom stereocenters. The summed E-state index contributed by atoms with van der Waals surface area (Å²) in [4.78, 5) is 2.27. The fourth-order valence-corrected chi connectivity index (χ4v) is 2.38. The summed E-state index contributed by atoms with van der Waals surface area (Å²) in [5.74, 6) is -0.299. The predicted molar refractivity (Wildman–Crippen MR) is 67.8 cm³/mol. The molecule has 1 aromatic rings. The summed E-state index contributed by atoms with van der Waals surface area (Å²) in [6, 6.07) is 6.17. The number of aliphatic hydroxyl groups is 1. The van der Waals surface area contributed by atoms with Crippen molar-refractivity contribution in [3.8, 4) is 0 Å². The molecule has 1 aliphatic rings. The van der Waals surface area contributed by atoms with E-state index in [4.69, 9.17) is 4.74 Å². The molecular formula is C14H20FNO2. The van der Waals surface area contributed by atoms with Gasteiger partial charge < -0.3 is 14.7 Å². The van der Waals surface area contributed by atoms with E-state index in [1.54, 1.807) is 19.2 Å². The van der Waals surface area contributed by atoms with E-state index in [0.717, 1.165) is 26.1 Å². The maximum atomic E-state index is 13.0. The number of nitrogens with zero attached hydrogens (tertiary/aromatic N) is 1. The highest BCUT2D eigenvalue weighted by Gasteiger charge is 2.22. The third-order valence-corrected chi connectivity index (χ3v) is 3.51. The summed E-state index contributed by atoms with van der Waals surface area (Å²) in [6.45, 7) is 2.75. The monoisotopic (exact) mass is 253 g/mol. The van der Waals surface area contributed by atoms with Gasteiger partial charge in [0.15, 0.2) is 0 Å². The minimum Gasteiger partial charge on any atom is -0.388 e. The minimum absolute atomic E-state index is 0.299. The molecule has 4 heteroatoms. The molecule has 0 amide bonds. The minimum atomic E-state index is -0.595. The Hall–Kier alpha value is -0.970. The number of benzene rings is 1. The van der Waals surface area contributed by atoms with Gasteiger partial charge in [0.2, 0.25) is 0 Å². The predicted octanol–water partition coefficient (Wildman–Crippen LogP) is 1.97. The Bertz CT molecular complexity index is 386. The average Bonchev–Trinajstić information content (AvgIpc) is 2.84. The summed E-state index contributed by atoms with van der Waals surface area (Å²) >= 11 is 0. The summed E-state index contributed by atoms with van der Waals surface area (Å²) in [5, 5.41) is 10.0. The first-order valence-electron chi connectivity index (χ1n) is 6.37. The number of hydrogen-bond acceptors (Lipinski definition) is 3. The second kappa shape index (κ2) is 6.27. The molecule has 1 heterocycles. The smallest absolute Gasteiger partial charge is 0.123 e. The van der Waals surface area contributed by atoms with Gasteiger partial charge in [0.1, 0.15) is 5.82 Å². The number of aliphatic hydroxyl groups excluding tert-OH is 1. The zero-order valence-electron chi connectivity index (χ0n) is 10.7. The van der Waals surface area contributed by atoms with Gasteiger partial charge in [-0.1, -0.05) is 12.1 Å². The number of rotatable bonds is 5. The van der Waals surface area contributed by atoms with Gasteiger partial charge >= 0.3 is 0 Å². The van der Waals surface area contributed by atoms with E-state index >= 15 is 0 Å². The standard InChI is InChI=1S/C14H20FNO2/c1-18-13-5-7-16(10-13)8-6-14(17)11-3-2-4-12(15)9-11/h2-4,9,13-14,17H,5-8,10H2,1H3. The molecule has 2 rings (SSSR count). The number of ether oxygens (including phenoxy) is 1. The van der Waals surface area contributed by atoms with Crippen molar-refractivity contribution in [2.75, 3.05) is 26.7 Å². The van der Waals surface area contributed by atoms with E-state index in [2.05, 4.69) is 4.90 Å². The van der Waals surface area contributed by atoms with Crippen molar-refractivity contribution in [3.63, 3.8) is 0 Å². The normalized spacial score (nSPS) is 22.3. The molecule has 0 saturated carbocycles. The van der Waals surface area contributed by atoms with Crippen molar-refractivity contribution in [3.05, 3.63) is 35.6 Å². The Morgan fingerprint density at radius 1 is 1.56 bits per heavy atom. The van der Waals surface area contributed by atoms with Crippen molar-refractivity contribution >= 4 is 0 Å². The fourth-order valence-electron chi connectivity index (χ4n) is 2.38. The van der Waals surface area contributed by atoms with Gasteiger partial charge in [0, 0.05) is 26.7 Å². The maximum absolute atomic E-state index is 13.0. The Balaban J connectivity index is 1.80. The summed E-state index contributed by atoms with van der Waals surface area (Å²) in [7, 11) is 1.73. The molecule has 3 nitrogen and oxygen atoms in total. The lowest BCUT2D eigenvalue weighted by Gasteiger charge is -2.18. The average molecular weight is 253 g/mol. The number of methoxy groups -OCH3 is 1.